The maximum Gasteiger partial charge on any atom is 0.133 e. The third-order valence-electron chi connectivity index (χ3n) is 4.54. The van der Waals surface area contributed by atoms with Gasteiger partial charge in [-0.15, -0.1) is 0 Å². The van der Waals surface area contributed by atoms with Gasteiger partial charge >= 0.3 is 0 Å². The van der Waals surface area contributed by atoms with E-state index in [1.54, 1.807) is 0 Å². The molecule has 0 spiro atoms. The number of nitrogens with zero attached hydrogens (tertiary/aromatic N) is 4. The van der Waals surface area contributed by atoms with Crippen LogP contribution in [-0.2, 0) is 0 Å². The summed E-state index contributed by atoms with van der Waals surface area (Å²) < 4.78 is 0. The van der Waals surface area contributed by atoms with Crippen LogP contribution in [0.1, 0.15) is 52.3 Å². The van der Waals surface area contributed by atoms with Crippen molar-refractivity contribution in [2.45, 2.75) is 52.5 Å². The van der Waals surface area contributed by atoms with Crippen LogP contribution >= 0.6 is 0 Å². The van der Waals surface area contributed by atoms with Crippen LogP contribution in [0.25, 0.3) is 0 Å². The summed E-state index contributed by atoms with van der Waals surface area (Å²) in [6.45, 7) is 12.3. The van der Waals surface area contributed by atoms with Crippen LogP contribution in [0, 0.1) is 5.92 Å². The van der Waals surface area contributed by atoms with Gasteiger partial charge in [0.2, 0.25) is 0 Å². The van der Waals surface area contributed by atoms with Crippen molar-refractivity contribution in [1.82, 2.24) is 14.9 Å². The molecule has 4 nitrogen and oxygen atoms in total. The maximum absolute atomic E-state index is 4.71. The number of rotatable bonds is 5. The molecular formula is C17H30N4. The van der Waals surface area contributed by atoms with Gasteiger partial charge in [0.05, 0.1) is 0 Å². The standard InChI is InChI=1S/C17H30N4/c1-13(2)17-18-9-6-16(19-17)21-10-7-15(8-11-21)12-20(5)14(3)4/h6,9,13-15H,7-8,10-12H2,1-5H3. The molecule has 0 aromatic carbocycles. The van der Waals surface area contributed by atoms with E-state index in [-0.39, 0.29) is 0 Å². The van der Waals surface area contributed by atoms with Gasteiger partial charge in [0, 0.05) is 37.8 Å². The molecule has 21 heavy (non-hydrogen) atoms. The van der Waals surface area contributed by atoms with E-state index >= 15 is 0 Å². The monoisotopic (exact) mass is 290 g/mol. The molecule has 1 fully saturated rings. The molecule has 0 saturated carbocycles. The van der Waals surface area contributed by atoms with Crippen molar-refractivity contribution in [3.05, 3.63) is 18.1 Å². The largest absolute Gasteiger partial charge is 0.356 e. The van der Waals surface area contributed by atoms with Gasteiger partial charge in [-0.25, -0.2) is 9.97 Å². The van der Waals surface area contributed by atoms with E-state index in [0.717, 1.165) is 30.6 Å². The van der Waals surface area contributed by atoms with Crippen molar-refractivity contribution in [2.75, 3.05) is 31.6 Å². The molecule has 0 aliphatic carbocycles. The van der Waals surface area contributed by atoms with Crippen LogP contribution < -0.4 is 4.90 Å². The topological polar surface area (TPSA) is 32.3 Å². The van der Waals surface area contributed by atoms with Crippen LogP contribution in [0.4, 0.5) is 5.82 Å². The summed E-state index contributed by atoms with van der Waals surface area (Å²) in [7, 11) is 2.23. The predicted molar refractivity (Wildman–Crippen MR) is 88.8 cm³/mol. The lowest BCUT2D eigenvalue weighted by atomic mass is 9.96. The molecular weight excluding hydrogens is 260 g/mol. The van der Waals surface area contributed by atoms with Gasteiger partial charge in [0.1, 0.15) is 11.6 Å². The summed E-state index contributed by atoms with van der Waals surface area (Å²) >= 11 is 0. The number of piperidine rings is 1. The second-order valence-corrected chi connectivity index (χ2v) is 6.89. The third kappa shape index (κ3) is 4.40. The highest BCUT2D eigenvalue weighted by atomic mass is 15.2. The SMILES string of the molecule is CC(C)c1nccc(N2CCC(CN(C)C(C)C)CC2)n1. The Morgan fingerprint density at radius 3 is 2.48 bits per heavy atom. The van der Waals surface area contributed by atoms with Crippen molar-refractivity contribution >= 4 is 5.82 Å². The summed E-state index contributed by atoms with van der Waals surface area (Å²) in [5, 5.41) is 0. The number of aromatic nitrogens is 2. The number of anilines is 1. The molecule has 1 aliphatic heterocycles. The molecule has 1 aromatic rings. The Balaban J connectivity index is 1.90. The van der Waals surface area contributed by atoms with Crippen LogP contribution in [0.15, 0.2) is 12.3 Å². The fraction of sp³-hybridized carbons (Fsp3) is 0.765. The second kappa shape index (κ2) is 7.21. The van der Waals surface area contributed by atoms with Gasteiger partial charge in [0.25, 0.3) is 0 Å². The highest BCUT2D eigenvalue weighted by molar-refractivity contribution is 5.38. The molecule has 2 rings (SSSR count). The third-order valence-corrected chi connectivity index (χ3v) is 4.54. The highest BCUT2D eigenvalue weighted by Crippen LogP contribution is 2.23. The Morgan fingerprint density at radius 2 is 1.90 bits per heavy atom. The van der Waals surface area contributed by atoms with Gasteiger partial charge in [-0.1, -0.05) is 13.8 Å². The van der Waals surface area contributed by atoms with E-state index in [4.69, 9.17) is 4.98 Å². The minimum absolute atomic E-state index is 0.391. The molecule has 1 aliphatic rings. The summed E-state index contributed by atoms with van der Waals surface area (Å²) in [6, 6.07) is 2.69. The summed E-state index contributed by atoms with van der Waals surface area (Å²) in [4.78, 5) is 14.0. The van der Waals surface area contributed by atoms with E-state index in [1.165, 1.54) is 19.4 Å². The zero-order valence-corrected chi connectivity index (χ0v) is 14.2. The van der Waals surface area contributed by atoms with Gasteiger partial charge < -0.3 is 9.80 Å². The predicted octanol–water partition coefficient (Wildman–Crippen LogP) is 3.16. The van der Waals surface area contributed by atoms with E-state index in [1.807, 2.05) is 12.3 Å². The van der Waals surface area contributed by atoms with Gasteiger partial charge in [0.15, 0.2) is 0 Å². The smallest absolute Gasteiger partial charge is 0.133 e. The zero-order chi connectivity index (χ0) is 15.4. The number of hydrogen-bond donors (Lipinski definition) is 0. The molecule has 1 aromatic heterocycles. The Hall–Kier alpha value is -1.16. The van der Waals surface area contributed by atoms with Crippen molar-refractivity contribution < 1.29 is 0 Å². The molecule has 2 heterocycles. The molecule has 0 unspecified atom stereocenters. The van der Waals surface area contributed by atoms with E-state index < -0.39 is 0 Å². The average molecular weight is 290 g/mol. The van der Waals surface area contributed by atoms with Crippen LogP contribution in [-0.4, -0.2) is 47.6 Å². The molecule has 0 atom stereocenters. The Morgan fingerprint density at radius 1 is 1.24 bits per heavy atom. The van der Waals surface area contributed by atoms with E-state index in [2.05, 4.69) is 49.5 Å². The minimum Gasteiger partial charge on any atom is -0.356 e. The average Bonchev–Trinajstić information content (AvgIpc) is 2.48. The Labute approximate surface area is 129 Å². The Bertz CT molecular complexity index is 436. The molecule has 118 valence electrons. The number of hydrogen-bond acceptors (Lipinski definition) is 4. The molecule has 0 radical (unpaired) electrons. The lowest BCUT2D eigenvalue weighted by molar-refractivity contribution is 0.210. The first-order valence-corrected chi connectivity index (χ1v) is 8.25. The highest BCUT2D eigenvalue weighted by Gasteiger charge is 2.22. The molecule has 0 bridgehead atoms. The van der Waals surface area contributed by atoms with Crippen molar-refractivity contribution in [2.24, 2.45) is 5.92 Å². The Kier molecular flexibility index (Phi) is 5.57. The molecule has 4 heteroatoms. The van der Waals surface area contributed by atoms with Crippen LogP contribution in [0.5, 0.6) is 0 Å². The lowest BCUT2D eigenvalue weighted by Gasteiger charge is -2.35. The first kappa shape index (κ1) is 16.2. The normalized spacial score (nSPS) is 17.2. The van der Waals surface area contributed by atoms with Crippen molar-refractivity contribution in [1.29, 1.82) is 0 Å². The van der Waals surface area contributed by atoms with Gasteiger partial charge in [-0.3, -0.25) is 0 Å². The lowest BCUT2D eigenvalue weighted by Crippen LogP contribution is -2.39. The summed E-state index contributed by atoms with van der Waals surface area (Å²) in [5.41, 5.74) is 0. The fourth-order valence-electron chi connectivity index (χ4n) is 2.78. The van der Waals surface area contributed by atoms with Crippen LogP contribution in [0.3, 0.4) is 0 Å². The first-order valence-electron chi connectivity index (χ1n) is 8.25. The summed E-state index contributed by atoms with van der Waals surface area (Å²) in [6.07, 6.45) is 4.42. The van der Waals surface area contributed by atoms with Crippen LogP contribution in [0.2, 0.25) is 0 Å². The zero-order valence-electron chi connectivity index (χ0n) is 14.2. The van der Waals surface area contributed by atoms with Crippen molar-refractivity contribution in [3.8, 4) is 0 Å². The molecule has 1 saturated heterocycles. The maximum atomic E-state index is 4.71. The molecule has 0 N–H and O–H groups in total. The van der Waals surface area contributed by atoms with Gasteiger partial charge in [-0.2, -0.15) is 0 Å². The minimum atomic E-state index is 0.391. The van der Waals surface area contributed by atoms with Crippen molar-refractivity contribution in [3.63, 3.8) is 0 Å². The summed E-state index contributed by atoms with van der Waals surface area (Å²) in [5.74, 6) is 3.26. The first-order chi connectivity index (χ1) is 9.97. The quantitative estimate of drug-likeness (QED) is 0.834. The van der Waals surface area contributed by atoms with E-state index in [9.17, 15) is 0 Å². The van der Waals surface area contributed by atoms with E-state index in [0.29, 0.717) is 12.0 Å². The van der Waals surface area contributed by atoms with Gasteiger partial charge in [-0.05, 0) is 45.7 Å². The second-order valence-electron chi connectivity index (χ2n) is 6.89. The fourth-order valence-corrected chi connectivity index (χ4v) is 2.78. The molecule has 0 amide bonds.